The Morgan fingerprint density at radius 1 is 1.11 bits per heavy atom. The highest BCUT2D eigenvalue weighted by Gasteiger charge is 2.38. The molecule has 1 heterocycles. The number of alkyl halides is 3. The third kappa shape index (κ3) is 4.27. The summed E-state index contributed by atoms with van der Waals surface area (Å²) in [7, 11) is 0. The molecule has 0 atom stereocenters. The van der Waals surface area contributed by atoms with Crippen LogP contribution in [-0.2, 0) is 11.2 Å². The molecule has 0 bridgehead atoms. The fraction of sp³-hybridized carbons (Fsp3) is 0.316. The zero-order valence-corrected chi connectivity index (χ0v) is 15.0. The van der Waals surface area contributed by atoms with Gasteiger partial charge >= 0.3 is 12.1 Å². The molecule has 1 amide bonds. The summed E-state index contributed by atoms with van der Waals surface area (Å²) in [5.41, 5.74) is 3.45. The van der Waals surface area contributed by atoms with Crippen molar-refractivity contribution in [3.8, 4) is 5.69 Å². The Balaban J connectivity index is 1.88. The Morgan fingerprint density at radius 2 is 1.74 bits per heavy atom. The van der Waals surface area contributed by atoms with Gasteiger partial charge in [0.05, 0.1) is 5.69 Å². The van der Waals surface area contributed by atoms with Gasteiger partial charge in [0.1, 0.15) is 11.0 Å². The molecule has 1 N–H and O–H groups in total. The predicted octanol–water partition coefficient (Wildman–Crippen LogP) is 4.57. The quantitative estimate of drug-likeness (QED) is 0.709. The van der Waals surface area contributed by atoms with Crippen LogP contribution in [0, 0.1) is 6.92 Å². The van der Waals surface area contributed by atoms with Crippen LogP contribution in [0.5, 0.6) is 0 Å². The van der Waals surface area contributed by atoms with E-state index in [4.69, 9.17) is 0 Å². The Labute approximate surface area is 154 Å². The van der Waals surface area contributed by atoms with Crippen LogP contribution in [0.15, 0.2) is 36.4 Å². The second-order valence-electron chi connectivity index (χ2n) is 6.37. The molecule has 0 aliphatic carbocycles. The first-order chi connectivity index (χ1) is 12.8. The Kier molecular flexibility index (Phi) is 5.16. The Morgan fingerprint density at radius 3 is 2.33 bits per heavy atom. The fourth-order valence-electron chi connectivity index (χ4n) is 2.69. The number of nitrogens with one attached hydrogen (secondary N) is 1. The molecule has 0 radical (unpaired) electrons. The van der Waals surface area contributed by atoms with Gasteiger partial charge in [-0.1, -0.05) is 25.5 Å². The number of rotatable bonds is 5. The number of benzene rings is 2. The summed E-state index contributed by atoms with van der Waals surface area (Å²) in [6, 6.07) is 10.8. The summed E-state index contributed by atoms with van der Waals surface area (Å²) < 4.78 is 37.4. The minimum atomic E-state index is -4.95. The number of amides is 1. The first-order valence-corrected chi connectivity index (χ1v) is 8.63. The van der Waals surface area contributed by atoms with Gasteiger partial charge in [0.15, 0.2) is 0 Å². The zero-order chi connectivity index (χ0) is 19.6. The summed E-state index contributed by atoms with van der Waals surface area (Å²) in [6.07, 6.45) is -1.69. The van der Waals surface area contributed by atoms with Crippen LogP contribution in [0.1, 0.15) is 30.9 Å². The van der Waals surface area contributed by atoms with Gasteiger partial charge in [-0.25, -0.2) is 0 Å². The van der Waals surface area contributed by atoms with E-state index in [0.717, 1.165) is 24.9 Å². The number of halogens is 3. The van der Waals surface area contributed by atoms with Crippen LogP contribution >= 0.6 is 0 Å². The topological polar surface area (TPSA) is 59.8 Å². The highest BCUT2D eigenvalue weighted by atomic mass is 19.4. The summed E-state index contributed by atoms with van der Waals surface area (Å²) >= 11 is 0. The van der Waals surface area contributed by atoms with Crippen molar-refractivity contribution in [2.45, 2.75) is 39.3 Å². The van der Waals surface area contributed by atoms with Gasteiger partial charge in [-0.15, -0.1) is 10.2 Å². The molecule has 142 valence electrons. The lowest BCUT2D eigenvalue weighted by molar-refractivity contribution is -0.167. The van der Waals surface area contributed by atoms with Gasteiger partial charge < -0.3 is 5.32 Å². The predicted molar refractivity (Wildman–Crippen MR) is 96.9 cm³/mol. The van der Waals surface area contributed by atoms with Crippen molar-refractivity contribution in [1.29, 1.82) is 0 Å². The van der Waals surface area contributed by atoms with Crippen molar-refractivity contribution in [2.24, 2.45) is 0 Å². The molecular formula is C19H19F3N4O. The van der Waals surface area contributed by atoms with Crippen molar-refractivity contribution < 1.29 is 18.0 Å². The molecule has 2 aromatic carbocycles. The third-order valence-electron chi connectivity index (χ3n) is 4.22. The second kappa shape index (κ2) is 7.38. The average molecular weight is 376 g/mol. The van der Waals surface area contributed by atoms with Crippen LogP contribution in [0.3, 0.4) is 0 Å². The number of nitrogens with zero attached hydrogens (tertiary/aromatic N) is 3. The number of carbonyl (C=O) groups excluding carboxylic acids is 1. The van der Waals surface area contributed by atoms with Crippen LogP contribution in [0.4, 0.5) is 18.9 Å². The smallest absolute Gasteiger partial charge is 0.318 e. The number of aromatic nitrogens is 3. The summed E-state index contributed by atoms with van der Waals surface area (Å²) in [5.74, 6) is -2.01. The molecule has 27 heavy (non-hydrogen) atoms. The Hall–Kier alpha value is -2.90. The monoisotopic (exact) mass is 376 g/mol. The number of hydrogen-bond acceptors (Lipinski definition) is 3. The van der Waals surface area contributed by atoms with E-state index in [2.05, 4.69) is 17.1 Å². The normalized spacial score (nSPS) is 11.7. The molecule has 5 nitrogen and oxygen atoms in total. The first kappa shape index (κ1) is 18.9. The molecule has 3 aromatic rings. The lowest BCUT2D eigenvalue weighted by Gasteiger charge is -2.09. The minimum Gasteiger partial charge on any atom is -0.318 e. The van der Waals surface area contributed by atoms with Crippen LogP contribution in [0.2, 0.25) is 0 Å². The maximum Gasteiger partial charge on any atom is 0.471 e. The van der Waals surface area contributed by atoms with E-state index in [9.17, 15) is 18.0 Å². The lowest BCUT2D eigenvalue weighted by Crippen LogP contribution is -2.30. The van der Waals surface area contributed by atoms with Crippen molar-refractivity contribution in [2.75, 3.05) is 5.32 Å². The van der Waals surface area contributed by atoms with E-state index >= 15 is 0 Å². The standard InChI is InChI=1S/C19H19F3N4O/c1-3-4-5-13-6-8-14(9-7-13)26-24-16-10-12(2)15(11-17(16)25-26)23-18(27)19(20,21)22/h6-11H,3-5H2,1-2H3,(H,23,27). The van der Waals surface area contributed by atoms with Gasteiger partial charge in [-0.05, 0) is 55.2 Å². The van der Waals surface area contributed by atoms with Crippen LogP contribution < -0.4 is 5.32 Å². The van der Waals surface area contributed by atoms with Gasteiger partial charge in [0.25, 0.3) is 0 Å². The molecule has 8 heteroatoms. The molecule has 0 saturated carbocycles. The van der Waals surface area contributed by atoms with E-state index in [0.29, 0.717) is 16.6 Å². The molecule has 0 unspecified atom stereocenters. The number of anilines is 1. The van der Waals surface area contributed by atoms with E-state index in [1.54, 1.807) is 13.0 Å². The fourth-order valence-corrected chi connectivity index (χ4v) is 2.69. The van der Waals surface area contributed by atoms with Gasteiger partial charge in [0, 0.05) is 5.69 Å². The van der Waals surface area contributed by atoms with Gasteiger partial charge in [-0.2, -0.15) is 18.0 Å². The maximum atomic E-state index is 12.5. The molecule has 0 fully saturated rings. The molecule has 3 rings (SSSR count). The second-order valence-corrected chi connectivity index (χ2v) is 6.37. The molecule has 0 saturated heterocycles. The first-order valence-electron chi connectivity index (χ1n) is 8.63. The molecule has 0 spiro atoms. The van der Waals surface area contributed by atoms with Crippen molar-refractivity contribution in [1.82, 2.24) is 15.0 Å². The van der Waals surface area contributed by atoms with Crippen LogP contribution in [-0.4, -0.2) is 27.1 Å². The van der Waals surface area contributed by atoms with Gasteiger partial charge in [0.2, 0.25) is 0 Å². The van der Waals surface area contributed by atoms with Crippen LogP contribution in [0.25, 0.3) is 16.7 Å². The van der Waals surface area contributed by atoms with E-state index in [-0.39, 0.29) is 5.69 Å². The highest BCUT2D eigenvalue weighted by Crippen LogP contribution is 2.25. The van der Waals surface area contributed by atoms with E-state index in [1.165, 1.54) is 16.4 Å². The van der Waals surface area contributed by atoms with E-state index in [1.807, 2.05) is 29.6 Å². The highest BCUT2D eigenvalue weighted by molar-refractivity contribution is 5.97. The van der Waals surface area contributed by atoms with Crippen molar-refractivity contribution in [3.05, 3.63) is 47.5 Å². The van der Waals surface area contributed by atoms with Crippen molar-refractivity contribution >= 4 is 22.6 Å². The molecule has 0 aliphatic rings. The molecule has 1 aromatic heterocycles. The number of fused-ring (bicyclic) bond motifs is 1. The molecule has 0 aliphatic heterocycles. The number of hydrogen-bond donors (Lipinski definition) is 1. The third-order valence-corrected chi connectivity index (χ3v) is 4.22. The number of aryl methyl sites for hydroxylation is 2. The number of carbonyl (C=O) groups is 1. The summed E-state index contributed by atoms with van der Waals surface area (Å²) in [6.45, 7) is 3.74. The lowest BCUT2D eigenvalue weighted by atomic mass is 10.1. The Bertz CT molecular complexity index is 961. The van der Waals surface area contributed by atoms with Crippen molar-refractivity contribution in [3.63, 3.8) is 0 Å². The number of unbranched alkanes of at least 4 members (excludes halogenated alkanes) is 1. The zero-order valence-electron chi connectivity index (χ0n) is 15.0. The summed E-state index contributed by atoms with van der Waals surface area (Å²) in [4.78, 5) is 12.6. The SMILES string of the molecule is CCCCc1ccc(-n2nc3cc(C)c(NC(=O)C(F)(F)F)cc3n2)cc1. The summed E-state index contributed by atoms with van der Waals surface area (Å²) in [5, 5.41) is 10.6. The maximum absolute atomic E-state index is 12.5. The van der Waals surface area contributed by atoms with E-state index < -0.39 is 12.1 Å². The minimum absolute atomic E-state index is 0.0618. The van der Waals surface area contributed by atoms with Gasteiger partial charge in [-0.3, -0.25) is 4.79 Å². The molecular weight excluding hydrogens is 357 g/mol. The largest absolute Gasteiger partial charge is 0.471 e. The average Bonchev–Trinajstić information content (AvgIpc) is 3.02.